The van der Waals surface area contributed by atoms with E-state index in [2.05, 4.69) is 33.8 Å². The zero-order valence-corrected chi connectivity index (χ0v) is 12.1. The first-order valence-electron chi connectivity index (χ1n) is 6.84. The van der Waals surface area contributed by atoms with Gasteiger partial charge in [0.1, 0.15) is 12.1 Å². The average molecular weight is 259 g/mol. The molecule has 2 aromatic heterocycles. The van der Waals surface area contributed by atoms with Gasteiger partial charge in [-0.25, -0.2) is 4.98 Å². The van der Waals surface area contributed by atoms with Gasteiger partial charge in [-0.2, -0.15) is 5.10 Å². The first-order valence-corrected chi connectivity index (χ1v) is 6.84. The van der Waals surface area contributed by atoms with Crippen LogP contribution in [-0.4, -0.2) is 25.4 Å². The summed E-state index contributed by atoms with van der Waals surface area (Å²) < 4.78 is 4.09. The minimum atomic E-state index is 0.707. The van der Waals surface area contributed by atoms with Crippen molar-refractivity contribution in [3.63, 3.8) is 0 Å². The molecule has 1 N–H and O–H groups in total. The predicted molar refractivity (Wildman–Crippen MR) is 74.4 cm³/mol. The van der Waals surface area contributed by atoms with E-state index in [9.17, 15) is 0 Å². The molecule has 3 rings (SSSR count). The molecule has 0 aromatic carbocycles. The van der Waals surface area contributed by atoms with Crippen LogP contribution in [0.3, 0.4) is 0 Å². The Bertz CT molecular complexity index is 604. The van der Waals surface area contributed by atoms with E-state index >= 15 is 0 Å². The second-order valence-corrected chi connectivity index (χ2v) is 5.45. The average Bonchev–Trinajstić information content (AvgIpc) is 3.08. The number of nitrogens with one attached hydrogen (secondary N) is 1. The lowest BCUT2D eigenvalue weighted by atomic mass is 10.2. The Morgan fingerprint density at radius 2 is 2.00 bits per heavy atom. The van der Waals surface area contributed by atoms with Crippen LogP contribution in [0, 0.1) is 20.8 Å². The van der Waals surface area contributed by atoms with Crippen molar-refractivity contribution in [2.75, 3.05) is 0 Å². The van der Waals surface area contributed by atoms with Gasteiger partial charge in [0.05, 0.1) is 11.4 Å². The number of aryl methyl sites for hydroxylation is 3. The standard InChI is InChI=1S/C14H21N5/c1-9-11(3)19(8-16-9)14-13(7-15-12-5-6-12)10(2)17-18(14)4/h8,12,15H,5-7H2,1-4H3. The molecule has 1 aliphatic rings. The van der Waals surface area contributed by atoms with Gasteiger partial charge in [0.15, 0.2) is 0 Å². The lowest BCUT2D eigenvalue weighted by molar-refractivity contribution is 0.675. The molecule has 0 aliphatic heterocycles. The molecule has 0 spiro atoms. The molecule has 1 saturated carbocycles. The van der Waals surface area contributed by atoms with Gasteiger partial charge in [-0.15, -0.1) is 0 Å². The summed E-state index contributed by atoms with van der Waals surface area (Å²) in [6.45, 7) is 7.10. The van der Waals surface area contributed by atoms with Gasteiger partial charge in [0, 0.05) is 30.9 Å². The number of nitrogens with zero attached hydrogens (tertiary/aromatic N) is 4. The van der Waals surface area contributed by atoms with Crippen molar-refractivity contribution in [2.45, 2.75) is 46.2 Å². The van der Waals surface area contributed by atoms with Gasteiger partial charge in [0.25, 0.3) is 0 Å². The van der Waals surface area contributed by atoms with E-state index in [1.54, 1.807) is 0 Å². The molecule has 0 saturated heterocycles. The summed E-state index contributed by atoms with van der Waals surface area (Å²) in [5.41, 5.74) is 4.61. The molecule has 0 radical (unpaired) electrons. The zero-order chi connectivity index (χ0) is 13.6. The Kier molecular flexibility index (Phi) is 2.93. The zero-order valence-electron chi connectivity index (χ0n) is 12.1. The second-order valence-electron chi connectivity index (χ2n) is 5.45. The lowest BCUT2D eigenvalue weighted by Crippen LogP contribution is -2.17. The summed E-state index contributed by atoms with van der Waals surface area (Å²) >= 11 is 0. The van der Waals surface area contributed by atoms with Gasteiger partial charge < -0.3 is 5.32 Å². The Hall–Kier alpha value is -1.62. The largest absolute Gasteiger partial charge is 0.310 e. The molecule has 1 fully saturated rings. The SMILES string of the molecule is Cc1nn(C)c(-n2cnc(C)c2C)c1CNC1CC1. The van der Waals surface area contributed by atoms with Crippen LogP contribution in [0.1, 0.15) is 35.5 Å². The Labute approximate surface area is 113 Å². The van der Waals surface area contributed by atoms with Crippen molar-refractivity contribution in [2.24, 2.45) is 7.05 Å². The van der Waals surface area contributed by atoms with Crippen LogP contribution >= 0.6 is 0 Å². The maximum atomic E-state index is 4.56. The van der Waals surface area contributed by atoms with E-state index < -0.39 is 0 Å². The van der Waals surface area contributed by atoms with E-state index in [-0.39, 0.29) is 0 Å². The van der Waals surface area contributed by atoms with Gasteiger partial charge in [0.2, 0.25) is 0 Å². The van der Waals surface area contributed by atoms with Crippen molar-refractivity contribution in [3.8, 4) is 5.82 Å². The number of aromatic nitrogens is 4. The fourth-order valence-electron chi connectivity index (χ4n) is 2.44. The van der Waals surface area contributed by atoms with Crippen molar-refractivity contribution in [1.29, 1.82) is 0 Å². The number of hydrogen-bond acceptors (Lipinski definition) is 3. The van der Waals surface area contributed by atoms with Gasteiger partial charge >= 0.3 is 0 Å². The predicted octanol–water partition coefficient (Wildman–Crippen LogP) is 1.78. The Morgan fingerprint density at radius 1 is 1.26 bits per heavy atom. The summed E-state index contributed by atoms with van der Waals surface area (Å²) in [6, 6.07) is 0.707. The number of rotatable bonds is 4. The minimum Gasteiger partial charge on any atom is -0.310 e. The summed E-state index contributed by atoms with van der Waals surface area (Å²) in [5, 5.41) is 8.14. The molecular weight excluding hydrogens is 238 g/mol. The van der Waals surface area contributed by atoms with Crippen LogP contribution < -0.4 is 5.32 Å². The highest BCUT2D eigenvalue weighted by Gasteiger charge is 2.23. The smallest absolute Gasteiger partial charge is 0.140 e. The second kappa shape index (κ2) is 4.49. The highest BCUT2D eigenvalue weighted by molar-refractivity contribution is 5.40. The molecule has 2 heterocycles. The van der Waals surface area contributed by atoms with Crippen LogP contribution in [0.15, 0.2) is 6.33 Å². The molecule has 19 heavy (non-hydrogen) atoms. The number of hydrogen-bond donors (Lipinski definition) is 1. The van der Waals surface area contributed by atoms with E-state index in [0.717, 1.165) is 23.8 Å². The van der Waals surface area contributed by atoms with E-state index in [1.807, 2.05) is 25.0 Å². The summed E-state index contributed by atoms with van der Waals surface area (Å²) in [7, 11) is 2.00. The van der Waals surface area contributed by atoms with Crippen molar-refractivity contribution >= 4 is 0 Å². The van der Waals surface area contributed by atoms with Crippen LogP contribution in [0.25, 0.3) is 5.82 Å². The van der Waals surface area contributed by atoms with Crippen LogP contribution in [0.4, 0.5) is 0 Å². The quantitative estimate of drug-likeness (QED) is 0.910. The lowest BCUT2D eigenvalue weighted by Gasteiger charge is -2.10. The van der Waals surface area contributed by atoms with E-state index in [1.165, 1.54) is 24.1 Å². The molecule has 1 aliphatic carbocycles. The molecule has 5 nitrogen and oxygen atoms in total. The van der Waals surface area contributed by atoms with Gasteiger partial charge in [-0.1, -0.05) is 0 Å². The van der Waals surface area contributed by atoms with Crippen molar-refractivity contribution < 1.29 is 0 Å². The molecule has 0 atom stereocenters. The normalized spacial score (nSPS) is 15.2. The monoisotopic (exact) mass is 259 g/mol. The first-order chi connectivity index (χ1) is 9.08. The third-order valence-corrected chi connectivity index (χ3v) is 3.94. The molecule has 0 bridgehead atoms. The van der Waals surface area contributed by atoms with Crippen LogP contribution in [0.2, 0.25) is 0 Å². The van der Waals surface area contributed by atoms with Crippen molar-refractivity contribution in [3.05, 3.63) is 29.0 Å². The summed E-state index contributed by atoms with van der Waals surface area (Å²) in [4.78, 5) is 4.39. The molecule has 2 aromatic rings. The van der Waals surface area contributed by atoms with Gasteiger partial charge in [-0.3, -0.25) is 9.25 Å². The first kappa shape index (κ1) is 12.4. The highest BCUT2D eigenvalue weighted by Crippen LogP contribution is 2.23. The Morgan fingerprint density at radius 3 is 2.58 bits per heavy atom. The summed E-state index contributed by atoms with van der Waals surface area (Å²) in [6.07, 6.45) is 4.50. The fraction of sp³-hybridized carbons (Fsp3) is 0.571. The maximum absolute atomic E-state index is 4.56. The third-order valence-electron chi connectivity index (χ3n) is 3.94. The minimum absolute atomic E-state index is 0.707. The molecule has 0 amide bonds. The molecule has 102 valence electrons. The van der Waals surface area contributed by atoms with E-state index in [0.29, 0.717) is 6.04 Å². The fourth-order valence-corrected chi connectivity index (χ4v) is 2.44. The summed E-state index contributed by atoms with van der Waals surface area (Å²) in [5.74, 6) is 1.13. The van der Waals surface area contributed by atoms with Crippen molar-refractivity contribution in [1.82, 2.24) is 24.6 Å². The molecule has 5 heteroatoms. The maximum Gasteiger partial charge on any atom is 0.140 e. The topological polar surface area (TPSA) is 47.7 Å². The number of imidazole rings is 1. The van der Waals surface area contributed by atoms with Crippen LogP contribution in [-0.2, 0) is 13.6 Å². The molecular formula is C14H21N5. The van der Waals surface area contributed by atoms with Gasteiger partial charge in [-0.05, 0) is 33.6 Å². The third kappa shape index (κ3) is 2.18. The highest BCUT2D eigenvalue weighted by atomic mass is 15.3. The van der Waals surface area contributed by atoms with E-state index in [4.69, 9.17) is 0 Å². The van der Waals surface area contributed by atoms with Crippen LogP contribution in [0.5, 0.6) is 0 Å². The molecule has 0 unspecified atom stereocenters. The Balaban J connectivity index is 2.00.